The van der Waals surface area contributed by atoms with Gasteiger partial charge in [0, 0.05) is 5.75 Å². The van der Waals surface area contributed by atoms with Crippen LogP contribution in [0.15, 0.2) is 0 Å². The van der Waals surface area contributed by atoms with Gasteiger partial charge in [0.15, 0.2) is 0 Å². The van der Waals surface area contributed by atoms with E-state index >= 15 is 0 Å². The van der Waals surface area contributed by atoms with Crippen LogP contribution in [0.25, 0.3) is 0 Å². The van der Waals surface area contributed by atoms with E-state index in [2.05, 4.69) is 0 Å². The van der Waals surface area contributed by atoms with E-state index in [0.29, 0.717) is 24.3 Å². The van der Waals surface area contributed by atoms with Crippen LogP contribution in [0.5, 0.6) is 0 Å². The van der Waals surface area contributed by atoms with E-state index < -0.39 is 49.1 Å². The molecule has 9 heteroatoms. The fourth-order valence-corrected chi connectivity index (χ4v) is 3.02. The summed E-state index contributed by atoms with van der Waals surface area (Å²) in [5.41, 5.74) is 5.36. The standard InChI is InChI=1S/C12H23NO7S/c13-6(12(18)19)5-21-3-1-2-7-9(15)11(17)10(16)8(4-14)20-7/h6-11,14-17H,1-5,13H2,(H,18,19)/t6-,7?,8+,9-,10-,11+/m0/s1. The molecule has 0 aromatic heterocycles. The van der Waals surface area contributed by atoms with E-state index in [1.807, 2.05) is 0 Å². The second kappa shape index (κ2) is 8.89. The van der Waals surface area contributed by atoms with Crippen molar-refractivity contribution >= 4 is 17.7 Å². The Balaban J connectivity index is 2.29. The molecule has 0 aromatic rings. The van der Waals surface area contributed by atoms with Gasteiger partial charge in [-0.05, 0) is 18.6 Å². The number of hydrogen-bond donors (Lipinski definition) is 6. The molecule has 7 N–H and O–H groups in total. The monoisotopic (exact) mass is 325 g/mol. The number of aliphatic hydroxyl groups is 4. The molecule has 1 aliphatic rings. The molecule has 1 fully saturated rings. The normalized spacial score (nSPS) is 34.6. The average molecular weight is 325 g/mol. The summed E-state index contributed by atoms with van der Waals surface area (Å²) in [6.07, 6.45) is -4.42. The van der Waals surface area contributed by atoms with E-state index in [1.165, 1.54) is 11.8 Å². The quantitative estimate of drug-likeness (QED) is 0.272. The first-order chi connectivity index (χ1) is 9.88. The molecule has 21 heavy (non-hydrogen) atoms. The highest BCUT2D eigenvalue weighted by Crippen LogP contribution is 2.24. The fraction of sp³-hybridized carbons (Fsp3) is 0.917. The lowest BCUT2D eigenvalue weighted by atomic mass is 9.93. The molecule has 0 spiro atoms. The first-order valence-electron chi connectivity index (χ1n) is 6.75. The van der Waals surface area contributed by atoms with Crippen LogP contribution in [0.4, 0.5) is 0 Å². The number of thioether (sulfide) groups is 1. The van der Waals surface area contributed by atoms with E-state index in [4.69, 9.17) is 20.7 Å². The van der Waals surface area contributed by atoms with Gasteiger partial charge in [0.1, 0.15) is 30.5 Å². The summed E-state index contributed by atoms with van der Waals surface area (Å²) in [6, 6.07) is -0.901. The number of carboxylic acids is 1. The number of carboxylic acid groups (broad SMARTS) is 1. The minimum atomic E-state index is -1.35. The molecule has 1 unspecified atom stereocenters. The van der Waals surface area contributed by atoms with Crippen LogP contribution >= 0.6 is 11.8 Å². The van der Waals surface area contributed by atoms with Crippen molar-refractivity contribution in [3.8, 4) is 0 Å². The molecule has 1 heterocycles. The lowest BCUT2D eigenvalue weighted by Gasteiger charge is -2.40. The Labute approximate surface area is 126 Å². The molecule has 1 rings (SSSR count). The van der Waals surface area contributed by atoms with Crippen LogP contribution in [0, 0.1) is 0 Å². The third-order valence-electron chi connectivity index (χ3n) is 3.38. The molecule has 124 valence electrons. The number of nitrogens with two attached hydrogens (primary N) is 1. The van der Waals surface area contributed by atoms with Crippen LogP contribution < -0.4 is 5.73 Å². The maximum absolute atomic E-state index is 10.5. The highest BCUT2D eigenvalue weighted by atomic mass is 32.2. The van der Waals surface area contributed by atoms with Gasteiger partial charge in [-0.25, -0.2) is 0 Å². The molecule has 1 saturated heterocycles. The zero-order valence-electron chi connectivity index (χ0n) is 11.5. The van der Waals surface area contributed by atoms with Crippen molar-refractivity contribution in [2.45, 2.75) is 49.4 Å². The first-order valence-corrected chi connectivity index (χ1v) is 7.90. The van der Waals surface area contributed by atoms with Gasteiger partial charge >= 0.3 is 5.97 Å². The molecule has 1 aliphatic heterocycles. The molecule has 0 aliphatic carbocycles. The van der Waals surface area contributed by atoms with E-state index in [1.54, 1.807) is 0 Å². The fourth-order valence-electron chi connectivity index (χ4n) is 2.09. The first kappa shape index (κ1) is 18.6. The van der Waals surface area contributed by atoms with Crippen LogP contribution in [-0.2, 0) is 9.53 Å². The van der Waals surface area contributed by atoms with Gasteiger partial charge in [-0.1, -0.05) is 0 Å². The topological polar surface area (TPSA) is 153 Å². The lowest BCUT2D eigenvalue weighted by molar-refractivity contribution is -0.230. The minimum Gasteiger partial charge on any atom is -0.480 e. The summed E-state index contributed by atoms with van der Waals surface area (Å²) < 4.78 is 5.36. The molecule has 8 nitrogen and oxygen atoms in total. The Bertz CT molecular complexity index is 331. The van der Waals surface area contributed by atoms with Crippen molar-refractivity contribution in [2.24, 2.45) is 5.73 Å². The largest absolute Gasteiger partial charge is 0.480 e. The van der Waals surface area contributed by atoms with Crippen molar-refractivity contribution in [1.82, 2.24) is 0 Å². The highest BCUT2D eigenvalue weighted by Gasteiger charge is 2.42. The zero-order chi connectivity index (χ0) is 16.0. The van der Waals surface area contributed by atoms with Gasteiger partial charge in [0.2, 0.25) is 0 Å². The molecular formula is C12H23NO7S. The molecule has 0 radical (unpaired) electrons. The molecule has 6 atom stereocenters. The van der Waals surface area contributed by atoms with Gasteiger partial charge < -0.3 is 36.0 Å². The maximum atomic E-state index is 10.5. The Morgan fingerprint density at radius 3 is 2.38 bits per heavy atom. The number of carbonyl (C=O) groups is 1. The number of rotatable bonds is 8. The third kappa shape index (κ3) is 5.37. The predicted molar refractivity (Wildman–Crippen MR) is 75.9 cm³/mol. The molecule has 0 saturated carbocycles. The Morgan fingerprint density at radius 2 is 1.81 bits per heavy atom. The third-order valence-corrected chi connectivity index (χ3v) is 4.56. The number of aliphatic hydroxyl groups excluding tert-OH is 4. The Morgan fingerprint density at radius 1 is 1.19 bits per heavy atom. The van der Waals surface area contributed by atoms with Gasteiger partial charge in [-0.3, -0.25) is 4.79 Å². The van der Waals surface area contributed by atoms with E-state index in [9.17, 15) is 20.1 Å². The second-order valence-electron chi connectivity index (χ2n) is 5.03. The zero-order valence-corrected chi connectivity index (χ0v) is 12.4. The summed E-state index contributed by atoms with van der Waals surface area (Å²) in [5.74, 6) is -0.114. The smallest absolute Gasteiger partial charge is 0.321 e. The summed E-state index contributed by atoms with van der Waals surface area (Å²) in [7, 11) is 0. The van der Waals surface area contributed by atoms with Gasteiger partial charge in [-0.2, -0.15) is 11.8 Å². The van der Waals surface area contributed by atoms with Crippen molar-refractivity contribution in [3.63, 3.8) is 0 Å². The van der Waals surface area contributed by atoms with Crippen molar-refractivity contribution in [3.05, 3.63) is 0 Å². The van der Waals surface area contributed by atoms with Gasteiger partial charge in [0.05, 0.1) is 12.7 Å². The summed E-state index contributed by atoms with van der Waals surface area (Å²) in [4.78, 5) is 10.5. The van der Waals surface area contributed by atoms with Crippen LogP contribution in [0.3, 0.4) is 0 Å². The summed E-state index contributed by atoms with van der Waals surface area (Å²) in [6.45, 7) is -0.441. The van der Waals surface area contributed by atoms with Crippen LogP contribution in [0.1, 0.15) is 12.8 Å². The number of ether oxygens (including phenoxy) is 1. The lowest BCUT2D eigenvalue weighted by Crippen LogP contribution is -2.58. The Kier molecular flexibility index (Phi) is 7.88. The average Bonchev–Trinajstić information content (AvgIpc) is 2.46. The SMILES string of the molecule is N[C@@H](CSCCCC1O[C@H](CO)[C@H](O)[C@H](O)[C@H]1O)C(=O)O. The highest BCUT2D eigenvalue weighted by molar-refractivity contribution is 7.99. The Hall–Kier alpha value is -0.420. The summed E-state index contributed by atoms with van der Waals surface area (Å²) in [5, 5.41) is 46.7. The molecule has 0 amide bonds. The second-order valence-corrected chi connectivity index (χ2v) is 6.18. The van der Waals surface area contributed by atoms with Crippen molar-refractivity contribution < 1.29 is 35.1 Å². The van der Waals surface area contributed by atoms with E-state index in [0.717, 1.165) is 0 Å². The molecular weight excluding hydrogens is 302 g/mol. The summed E-state index contributed by atoms with van der Waals surface area (Å²) >= 11 is 1.38. The van der Waals surface area contributed by atoms with Gasteiger partial charge in [0.25, 0.3) is 0 Å². The van der Waals surface area contributed by atoms with Gasteiger partial charge in [-0.15, -0.1) is 0 Å². The number of hydrogen-bond acceptors (Lipinski definition) is 8. The predicted octanol–water partition coefficient (Wildman–Crippen LogP) is -2.25. The van der Waals surface area contributed by atoms with Crippen molar-refractivity contribution in [1.29, 1.82) is 0 Å². The van der Waals surface area contributed by atoms with Crippen LogP contribution in [0.2, 0.25) is 0 Å². The molecule has 0 bridgehead atoms. The molecule has 0 aromatic carbocycles. The number of aliphatic carboxylic acids is 1. The minimum absolute atomic E-state index is 0.296. The van der Waals surface area contributed by atoms with E-state index in [-0.39, 0.29) is 0 Å². The maximum Gasteiger partial charge on any atom is 0.321 e. The van der Waals surface area contributed by atoms with Crippen molar-refractivity contribution in [2.75, 3.05) is 18.1 Å². The van der Waals surface area contributed by atoms with Crippen LogP contribution in [-0.4, -0.2) is 86.2 Å².